The summed E-state index contributed by atoms with van der Waals surface area (Å²) in [4.78, 5) is 0.356. The maximum absolute atomic E-state index is 12.4. The highest BCUT2D eigenvalue weighted by Crippen LogP contribution is 2.24. The van der Waals surface area contributed by atoms with Crippen LogP contribution >= 0.6 is 11.8 Å². The Morgan fingerprint density at radius 3 is 2.32 bits per heavy atom. The van der Waals surface area contributed by atoms with E-state index in [-0.39, 0.29) is 0 Å². The molecule has 1 rings (SSSR count). The summed E-state index contributed by atoms with van der Waals surface area (Å²) in [6, 6.07) is 6.93. The van der Waals surface area contributed by atoms with E-state index in [2.05, 4.69) is 6.58 Å². The minimum absolute atomic E-state index is 0.356. The lowest BCUT2D eigenvalue weighted by Crippen LogP contribution is -2.15. The molecular weight excluding hydrogens is 276 g/mol. The second-order valence-corrected chi connectivity index (χ2v) is 7.31. The highest BCUT2D eigenvalue weighted by Gasteiger charge is 2.23. The van der Waals surface area contributed by atoms with Gasteiger partial charge >= 0.3 is 0 Å². The molecule has 0 spiro atoms. The van der Waals surface area contributed by atoms with Crippen molar-refractivity contribution in [2.75, 3.05) is 6.26 Å². The zero-order valence-electron chi connectivity index (χ0n) is 11.1. The summed E-state index contributed by atoms with van der Waals surface area (Å²) in [5.41, 5.74) is 1.05. The minimum Gasteiger partial charge on any atom is -0.222 e. The molecule has 0 saturated heterocycles. The van der Waals surface area contributed by atoms with Gasteiger partial charge in [0.15, 0.2) is 9.84 Å². The van der Waals surface area contributed by atoms with Gasteiger partial charge in [0.25, 0.3) is 0 Å². The molecule has 0 aliphatic carbocycles. The first kappa shape index (κ1) is 15.8. The van der Waals surface area contributed by atoms with Crippen molar-refractivity contribution in [3.8, 4) is 0 Å². The van der Waals surface area contributed by atoms with Gasteiger partial charge in [-0.3, -0.25) is 0 Å². The van der Waals surface area contributed by atoms with Crippen LogP contribution in [0.2, 0.25) is 0 Å². The van der Waals surface area contributed by atoms with Crippen molar-refractivity contribution in [1.29, 1.82) is 0 Å². The number of aryl methyl sites for hydroxylation is 1. The molecule has 0 aliphatic rings. The SMILES string of the molecule is C=CC=CC=CC(SC)S(=O)(=O)c1ccc(C)cc1. The van der Waals surface area contributed by atoms with Crippen LogP contribution in [0.5, 0.6) is 0 Å². The van der Waals surface area contributed by atoms with Crippen molar-refractivity contribution >= 4 is 21.6 Å². The second kappa shape index (κ2) is 7.36. The normalized spacial score (nSPS) is 14.0. The standard InChI is InChI=1S/C15H18O2S2/c1-4-5-6-7-8-15(18-3)19(16,17)14-11-9-13(2)10-12-14/h4-12,15H,1H2,2-3H3. The van der Waals surface area contributed by atoms with Gasteiger partial charge in [0, 0.05) is 0 Å². The van der Waals surface area contributed by atoms with Crippen LogP contribution in [-0.4, -0.2) is 19.3 Å². The number of rotatable bonds is 6. The largest absolute Gasteiger partial charge is 0.222 e. The van der Waals surface area contributed by atoms with Gasteiger partial charge in [0.05, 0.1) is 4.90 Å². The Hall–Kier alpha value is -1.26. The van der Waals surface area contributed by atoms with Crippen LogP contribution in [0.4, 0.5) is 0 Å². The summed E-state index contributed by atoms with van der Waals surface area (Å²) >= 11 is 1.30. The van der Waals surface area contributed by atoms with Crippen molar-refractivity contribution in [3.63, 3.8) is 0 Å². The van der Waals surface area contributed by atoms with Gasteiger partial charge in [0.2, 0.25) is 0 Å². The van der Waals surface area contributed by atoms with Crippen molar-refractivity contribution in [1.82, 2.24) is 0 Å². The molecule has 2 nitrogen and oxygen atoms in total. The molecule has 19 heavy (non-hydrogen) atoms. The Morgan fingerprint density at radius 1 is 1.16 bits per heavy atom. The minimum atomic E-state index is -3.34. The van der Waals surface area contributed by atoms with E-state index in [0.29, 0.717) is 4.90 Å². The summed E-state index contributed by atoms with van der Waals surface area (Å²) in [6.45, 7) is 5.49. The Labute approximate surface area is 119 Å². The highest BCUT2D eigenvalue weighted by atomic mass is 32.3. The average Bonchev–Trinajstić information content (AvgIpc) is 2.39. The molecule has 0 aliphatic heterocycles. The lowest BCUT2D eigenvalue weighted by Gasteiger charge is -2.11. The van der Waals surface area contributed by atoms with E-state index in [1.54, 1.807) is 48.8 Å². The van der Waals surface area contributed by atoms with Gasteiger partial charge < -0.3 is 0 Å². The summed E-state index contributed by atoms with van der Waals surface area (Å²) in [5.74, 6) is 0. The van der Waals surface area contributed by atoms with Gasteiger partial charge in [-0.05, 0) is 25.3 Å². The van der Waals surface area contributed by atoms with Crippen LogP contribution in [0.1, 0.15) is 5.56 Å². The van der Waals surface area contributed by atoms with Crippen LogP contribution in [0.3, 0.4) is 0 Å². The first-order chi connectivity index (χ1) is 9.02. The third kappa shape index (κ3) is 4.40. The van der Waals surface area contributed by atoms with E-state index in [9.17, 15) is 8.42 Å². The van der Waals surface area contributed by atoms with Crippen LogP contribution in [0.25, 0.3) is 0 Å². The molecule has 0 saturated carbocycles. The summed E-state index contributed by atoms with van der Waals surface area (Å²) < 4.78 is 24.3. The van der Waals surface area contributed by atoms with Crippen LogP contribution < -0.4 is 0 Å². The summed E-state index contributed by atoms with van der Waals surface area (Å²) in [5, 5.41) is 0. The van der Waals surface area contributed by atoms with Gasteiger partial charge in [-0.2, -0.15) is 0 Å². The van der Waals surface area contributed by atoms with E-state index < -0.39 is 14.4 Å². The number of thioether (sulfide) groups is 1. The maximum atomic E-state index is 12.4. The number of allylic oxidation sites excluding steroid dienone is 4. The highest BCUT2D eigenvalue weighted by molar-refractivity contribution is 8.13. The topological polar surface area (TPSA) is 34.1 Å². The third-order valence-electron chi connectivity index (χ3n) is 2.51. The Bertz CT molecular complexity index is 567. The van der Waals surface area contributed by atoms with Gasteiger partial charge in [-0.1, -0.05) is 54.7 Å². The fourth-order valence-electron chi connectivity index (χ4n) is 1.47. The van der Waals surface area contributed by atoms with Crippen LogP contribution in [-0.2, 0) is 9.84 Å². The van der Waals surface area contributed by atoms with Crippen molar-refractivity contribution in [2.24, 2.45) is 0 Å². The van der Waals surface area contributed by atoms with E-state index in [4.69, 9.17) is 0 Å². The molecule has 1 unspecified atom stereocenters. The summed E-state index contributed by atoms with van der Waals surface area (Å²) in [7, 11) is -3.34. The monoisotopic (exact) mass is 294 g/mol. The van der Waals surface area contributed by atoms with E-state index >= 15 is 0 Å². The number of sulfone groups is 1. The molecule has 0 heterocycles. The fraction of sp³-hybridized carbons (Fsp3) is 0.200. The predicted octanol–water partition coefficient (Wildman–Crippen LogP) is 3.76. The maximum Gasteiger partial charge on any atom is 0.194 e. The average molecular weight is 294 g/mol. The van der Waals surface area contributed by atoms with Crippen molar-refractivity contribution in [2.45, 2.75) is 16.4 Å². The molecule has 0 N–H and O–H groups in total. The van der Waals surface area contributed by atoms with Gasteiger partial charge in [0.1, 0.15) is 4.58 Å². The van der Waals surface area contributed by atoms with Crippen LogP contribution in [0, 0.1) is 6.92 Å². The first-order valence-corrected chi connectivity index (χ1v) is 8.65. The quantitative estimate of drug-likeness (QED) is 0.749. The number of hydrogen-bond donors (Lipinski definition) is 0. The molecule has 1 aromatic rings. The molecule has 1 aromatic carbocycles. The zero-order valence-corrected chi connectivity index (χ0v) is 12.7. The van der Waals surface area contributed by atoms with E-state index in [1.165, 1.54) is 11.8 Å². The predicted molar refractivity (Wildman–Crippen MR) is 84.1 cm³/mol. The second-order valence-electron chi connectivity index (χ2n) is 3.97. The first-order valence-electron chi connectivity index (χ1n) is 5.81. The molecule has 0 fully saturated rings. The Morgan fingerprint density at radius 2 is 1.79 bits per heavy atom. The lowest BCUT2D eigenvalue weighted by atomic mass is 10.2. The molecule has 0 amide bonds. The Kier molecular flexibility index (Phi) is 6.12. The van der Waals surface area contributed by atoms with E-state index in [0.717, 1.165) is 5.56 Å². The summed E-state index contributed by atoms with van der Waals surface area (Å²) in [6.07, 6.45) is 10.4. The number of hydrogen-bond acceptors (Lipinski definition) is 3. The molecule has 1 atom stereocenters. The Balaban J connectivity index is 3.02. The van der Waals surface area contributed by atoms with Gasteiger partial charge in [-0.25, -0.2) is 8.42 Å². The molecule has 4 heteroatoms. The molecule has 0 aromatic heterocycles. The number of benzene rings is 1. The molecule has 0 bridgehead atoms. The van der Waals surface area contributed by atoms with E-state index in [1.807, 2.05) is 19.1 Å². The smallest absolute Gasteiger partial charge is 0.194 e. The molecule has 0 radical (unpaired) electrons. The lowest BCUT2D eigenvalue weighted by molar-refractivity contribution is 0.597. The fourth-order valence-corrected chi connectivity index (χ4v) is 4.14. The van der Waals surface area contributed by atoms with Gasteiger partial charge in [-0.15, -0.1) is 11.8 Å². The third-order valence-corrected chi connectivity index (χ3v) is 6.17. The molecule has 102 valence electrons. The molecular formula is C15H18O2S2. The van der Waals surface area contributed by atoms with Crippen LogP contribution in [0.15, 0.2) is 66.1 Å². The van der Waals surface area contributed by atoms with Crippen molar-refractivity contribution < 1.29 is 8.42 Å². The van der Waals surface area contributed by atoms with Crippen molar-refractivity contribution in [3.05, 3.63) is 66.8 Å². The zero-order chi connectivity index (χ0) is 14.3.